The number of aromatic nitrogens is 2. The molecule has 4 nitrogen and oxygen atoms in total. The maximum atomic E-state index is 4.28. The molecule has 0 radical (unpaired) electrons. The molecule has 3 rings (SSSR count). The predicted molar refractivity (Wildman–Crippen MR) is 90.9 cm³/mol. The highest BCUT2D eigenvalue weighted by molar-refractivity contribution is 5.82. The summed E-state index contributed by atoms with van der Waals surface area (Å²) < 4.78 is 0. The van der Waals surface area contributed by atoms with Gasteiger partial charge in [-0.2, -0.15) is 0 Å². The Morgan fingerprint density at radius 2 is 1.41 bits per heavy atom. The maximum Gasteiger partial charge on any atom is 0.130 e. The van der Waals surface area contributed by atoms with Crippen molar-refractivity contribution >= 4 is 23.0 Å². The molecule has 0 amide bonds. The third kappa shape index (κ3) is 3.30. The van der Waals surface area contributed by atoms with Crippen LogP contribution in [0.3, 0.4) is 0 Å². The number of hydrogen-bond donors (Lipinski definition) is 2. The molecule has 0 spiro atoms. The number of rotatable bonds is 5. The molecule has 0 saturated carbocycles. The lowest BCUT2D eigenvalue weighted by Gasteiger charge is -2.14. The molecule has 0 atom stereocenters. The molecule has 0 aliphatic rings. The van der Waals surface area contributed by atoms with Crippen molar-refractivity contribution in [2.24, 2.45) is 0 Å². The summed E-state index contributed by atoms with van der Waals surface area (Å²) in [6.45, 7) is 4.11. The van der Waals surface area contributed by atoms with Gasteiger partial charge >= 0.3 is 0 Å². The van der Waals surface area contributed by atoms with E-state index >= 15 is 0 Å². The molecular formula is C18H16N4. The van der Waals surface area contributed by atoms with Gasteiger partial charge in [0, 0.05) is 29.3 Å². The highest BCUT2D eigenvalue weighted by atomic mass is 15.0. The first-order valence-corrected chi connectivity index (χ1v) is 6.97. The largest absolute Gasteiger partial charge is 0.340 e. The molecule has 22 heavy (non-hydrogen) atoms. The zero-order valence-corrected chi connectivity index (χ0v) is 12.0. The topological polar surface area (TPSA) is 49.8 Å². The van der Waals surface area contributed by atoms with Crippen molar-refractivity contribution in [1.29, 1.82) is 0 Å². The van der Waals surface area contributed by atoms with Crippen LogP contribution in [0.1, 0.15) is 5.56 Å². The van der Waals surface area contributed by atoms with Crippen molar-refractivity contribution in [3.63, 3.8) is 0 Å². The third-order valence-electron chi connectivity index (χ3n) is 3.12. The number of hydrogen-bond acceptors (Lipinski definition) is 4. The van der Waals surface area contributed by atoms with Crippen molar-refractivity contribution < 1.29 is 0 Å². The summed E-state index contributed by atoms with van der Waals surface area (Å²) in [4.78, 5) is 8.54. The summed E-state index contributed by atoms with van der Waals surface area (Å²) in [6, 6.07) is 19.4. The Morgan fingerprint density at radius 1 is 0.773 bits per heavy atom. The Kier molecular flexibility index (Phi) is 4.11. The lowest BCUT2D eigenvalue weighted by molar-refractivity contribution is 1.30. The molecule has 2 N–H and O–H groups in total. The van der Waals surface area contributed by atoms with Crippen LogP contribution in [0.25, 0.3) is 5.70 Å². The SMILES string of the molecule is C=C(Nc1ccccn1)c1ccccc1Nc1ccccn1. The number of para-hydroxylation sites is 1. The second kappa shape index (κ2) is 6.54. The number of nitrogens with one attached hydrogen (secondary N) is 2. The van der Waals surface area contributed by atoms with Crippen molar-refractivity contribution in [3.05, 3.63) is 85.2 Å². The molecule has 108 valence electrons. The van der Waals surface area contributed by atoms with Crippen LogP contribution in [0, 0.1) is 0 Å². The molecule has 0 saturated heterocycles. The fraction of sp³-hybridized carbons (Fsp3) is 0. The average Bonchev–Trinajstić information content (AvgIpc) is 2.57. The highest BCUT2D eigenvalue weighted by Crippen LogP contribution is 2.25. The second-order valence-corrected chi connectivity index (χ2v) is 4.70. The van der Waals surface area contributed by atoms with Gasteiger partial charge in [0.05, 0.1) is 0 Å². The van der Waals surface area contributed by atoms with E-state index in [1.165, 1.54) is 0 Å². The number of benzene rings is 1. The van der Waals surface area contributed by atoms with Gasteiger partial charge in [-0.3, -0.25) is 0 Å². The molecule has 4 heteroatoms. The van der Waals surface area contributed by atoms with E-state index in [9.17, 15) is 0 Å². The van der Waals surface area contributed by atoms with Crippen LogP contribution in [-0.4, -0.2) is 9.97 Å². The van der Waals surface area contributed by atoms with Crippen molar-refractivity contribution in [2.75, 3.05) is 10.6 Å². The fourth-order valence-electron chi connectivity index (χ4n) is 2.09. The van der Waals surface area contributed by atoms with Crippen LogP contribution >= 0.6 is 0 Å². The van der Waals surface area contributed by atoms with Gasteiger partial charge in [0.2, 0.25) is 0 Å². The molecule has 3 aromatic rings. The zero-order valence-electron chi connectivity index (χ0n) is 12.0. The highest BCUT2D eigenvalue weighted by Gasteiger charge is 2.07. The minimum Gasteiger partial charge on any atom is -0.340 e. The standard InChI is InChI=1S/C18H16N4/c1-14(21-17-10-4-6-12-19-17)15-8-2-3-9-16(15)22-18-11-5-7-13-20-18/h2-13H,1H2,(H,19,21)(H,20,22). The van der Waals surface area contributed by atoms with Gasteiger partial charge in [0.15, 0.2) is 0 Å². The van der Waals surface area contributed by atoms with Gasteiger partial charge in [0.25, 0.3) is 0 Å². The van der Waals surface area contributed by atoms with Gasteiger partial charge in [-0.15, -0.1) is 0 Å². The third-order valence-corrected chi connectivity index (χ3v) is 3.12. The van der Waals surface area contributed by atoms with Crippen LogP contribution in [0.15, 0.2) is 79.6 Å². The van der Waals surface area contributed by atoms with Gasteiger partial charge in [-0.05, 0) is 30.3 Å². The first-order valence-electron chi connectivity index (χ1n) is 6.97. The van der Waals surface area contributed by atoms with Gasteiger partial charge in [0.1, 0.15) is 11.6 Å². The molecule has 0 unspecified atom stereocenters. The average molecular weight is 288 g/mol. The Morgan fingerprint density at radius 3 is 2.09 bits per heavy atom. The molecule has 0 aliphatic carbocycles. The molecular weight excluding hydrogens is 272 g/mol. The Balaban J connectivity index is 1.83. The molecule has 0 aliphatic heterocycles. The maximum absolute atomic E-state index is 4.28. The normalized spacial score (nSPS) is 10.0. The van der Waals surface area contributed by atoms with E-state index in [-0.39, 0.29) is 0 Å². The molecule has 1 aromatic carbocycles. The van der Waals surface area contributed by atoms with Gasteiger partial charge in [-0.1, -0.05) is 36.9 Å². The summed E-state index contributed by atoms with van der Waals surface area (Å²) in [5.74, 6) is 1.56. The monoisotopic (exact) mass is 288 g/mol. The van der Waals surface area contributed by atoms with E-state index in [0.717, 1.165) is 28.6 Å². The molecule has 0 bridgehead atoms. The second-order valence-electron chi connectivity index (χ2n) is 4.70. The quantitative estimate of drug-likeness (QED) is 0.734. The van der Waals surface area contributed by atoms with E-state index < -0.39 is 0 Å². The predicted octanol–water partition coefficient (Wildman–Crippen LogP) is 4.30. The van der Waals surface area contributed by atoms with Crippen molar-refractivity contribution in [2.45, 2.75) is 0 Å². The van der Waals surface area contributed by atoms with Crippen LogP contribution in [0.5, 0.6) is 0 Å². The first-order chi connectivity index (χ1) is 10.8. The smallest absolute Gasteiger partial charge is 0.130 e. The molecule has 0 fully saturated rings. The van der Waals surface area contributed by atoms with E-state index in [4.69, 9.17) is 0 Å². The van der Waals surface area contributed by atoms with E-state index in [1.807, 2.05) is 60.7 Å². The Hall–Kier alpha value is -3.14. The number of pyridine rings is 2. The summed E-state index contributed by atoms with van der Waals surface area (Å²) in [7, 11) is 0. The first kappa shape index (κ1) is 13.8. The van der Waals surface area contributed by atoms with Crippen molar-refractivity contribution in [3.8, 4) is 0 Å². The van der Waals surface area contributed by atoms with Crippen LogP contribution < -0.4 is 10.6 Å². The minimum atomic E-state index is 0.764. The van der Waals surface area contributed by atoms with Crippen LogP contribution in [-0.2, 0) is 0 Å². The molecule has 2 heterocycles. The van der Waals surface area contributed by atoms with Gasteiger partial charge < -0.3 is 10.6 Å². The van der Waals surface area contributed by atoms with E-state index in [0.29, 0.717) is 0 Å². The lowest BCUT2D eigenvalue weighted by atomic mass is 10.1. The minimum absolute atomic E-state index is 0.764. The Labute approximate surface area is 129 Å². The molecule has 2 aromatic heterocycles. The van der Waals surface area contributed by atoms with Crippen LogP contribution in [0.4, 0.5) is 17.3 Å². The summed E-state index contributed by atoms with van der Waals surface area (Å²) in [6.07, 6.45) is 3.50. The summed E-state index contributed by atoms with van der Waals surface area (Å²) in [5, 5.41) is 6.53. The zero-order chi connectivity index (χ0) is 15.2. The fourth-order valence-corrected chi connectivity index (χ4v) is 2.09. The summed E-state index contributed by atoms with van der Waals surface area (Å²) in [5.41, 5.74) is 2.69. The number of nitrogens with zero attached hydrogens (tertiary/aromatic N) is 2. The lowest BCUT2D eigenvalue weighted by Crippen LogP contribution is -2.03. The van der Waals surface area contributed by atoms with E-state index in [2.05, 4.69) is 27.2 Å². The Bertz CT molecular complexity index is 754. The van der Waals surface area contributed by atoms with E-state index in [1.54, 1.807) is 12.4 Å². The van der Waals surface area contributed by atoms with Gasteiger partial charge in [-0.25, -0.2) is 9.97 Å². The van der Waals surface area contributed by atoms with Crippen molar-refractivity contribution in [1.82, 2.24) is 9.97 Å². The van der Waals surface area contributed by atoms with Crippen LogP contribution in [0.2, 0.25) is 0 Å². The number of anilines is 3. The summed E-state index contributed by atoms with van der Waals surface area (Å²) >= 11 is 0.